The third-order valence-electron chi connectivity index (χ3n) is 5.28. The second-order valence-electron chi connectivity index (χ2n) is 6.90. The molecular formula is C21H16ClN. The van der Waals surface area contributed by atoms with Crippen LogP contribution in [0.4, 0.5) is 0 Å². The first-order valence-corrected chi connectivity index (χ1v) is 8.29. The molecule has 0 atom stereocenters. The van der Waals surface area contributed by atoms with Crippen LogP contribution in [0.5, 0.6) is 0 Å². The van der Waals surface area contributed by atoms with E-state index < -0.39 is 0 Å². The van der Waals surface area contributed by atoms with Gasteiger partial charge < -0.3 is 4.98 Å². The average molecular weight is 318 g/mol. The van der Waals surface area contributed by atoms with E-state index in [1.54, 1.807) is 0 Å². The van der Waals surface area contributed by atoms with Gasteiger partial charge in [0.15, 0.2) is 0 Å². The predicted octanol–water partition coefficient (Wildman–Crippen LogP) is 6.28. The smallest absolute Gasteiger partial charge is 0.0547 e. The number of halogens is 1. The summed E-state index contributed by atoms with van der Waals surface area (Å²) in [6, 6.07) is 19.4. The Morgan fingerprint density at radius 3 is 2.52 bits per heavy atom. The van der Waals surface area contributed by atoms with Crippen LogP contribution in [0.3, 0.4) is 0 Å². The Hall–Kier alpha value is -2.25. The highest BCUT2D eigenvalue weighted by Crippen LogP contribution is 2.51. The monoisotopic (exact) mass is 317 g/mol. The fourth-order valence-corrected chi connectivity index (χ4v) is 4.31. The van der Waals surface area contributed by atoms with Gasteiger partial charge in [-0.2, -0.15) is 0 Å². The minimum absolute atomic E-state index is 0.0368. The SMILES string of the molecule is CC1(C)c2ccccc2-c2c1ccc1c2[nH]c2cc(Cl)ccc21. The summed E-state index contributed by atoms with van der Waals surface area (Å²) < 4.78 is 0. The number of aromatic nitrogens is 1. The summed E-state index contributed by atoms with van der Waals surface area (Å²) in [6.07, 6.45) is 0. The van der Waals surface area contributed by atoms with Gasteiger partial charge in [0.2, 0.25) is 0 Å². The van der Waals surface area contributed by atoms with E-state index in [-0.39, 0.29) is 5.41 Å². The molecule has 0 unspecified atom stereocenters. The summed E-state index contributed by atoms with van der Waals surface area (Å²) in [6.45, 7) is 4.62. The lowest BCUT2D eigenvalue weighted by Gasteiger charge is -2.21. The zero-order chi connectivity index (χ0) is 15.8. The van der Waals surface area contributed by atoms with Crippen molar-refractivity contribution in [2.24, 2.45) is 0 Å². The van der Waals surface area contributed by atoms with Crippen molar-refractivity contribution in [2.45, 2.75) is 19.3 Å². The molecule has 1 aliphatic rings. The van der Waals surface area contributed by atoms with Gasteiger partial charge in [0, 0.05) is 32.3 Å². The summed E-state index contributed by atoms with van der Waals surface area (Å²) in [5.41, 5.74) is 7.84. The number of benzene rings is 3. The molecule has 1 aliphatic carbocycles. The molecule has 1 N–H and O–H groups in total. The second-order valence-corrected chi connectivity index (χ2v) is 7.33. The molecule has 23 heavy (non-hydrogen) atoms. The topological polar surface area (TPSA) is 15.8 Å². The van der Waals surface area contributed by atoms with Crippen molar-refractivity contribution in [3.05, 3.63) is 70.7 Å². The summed E-state index contributed by atoms with van der Waals surface area (Å²) in [5, 5.41) is 3.26. The maximum Gasteiger partial charge on any atom is 0.0547 e. The van der Waals surface area contributed by atoms with E-state index in [1.165, 1.54) is 38.5 Å². The van der Waals surface area contributed by atoms with E-state index in [9.17, 15) is 0 Å². The Balaban J connectivity index is 1.99. The molecule has 1 heterocycles. The molecule has 1 aromatic heterocycles. The van der Waals surface area contributed by atoms with Crippen molar-refractivity contribution < 1.29 is 0 Å². The molecule has 0 fully saturated rings. The van der Waals surface area contributed by atoms with Gasteiger partial charge >= 0.3 is 0 Å². The molecule has 0 spiro atoms. The molecule has 0 saturated heterocycles. The first-order valence-electron chi connectivity index (χ1n) is 7.92. The Labute approximate surface area is 139 Å². The van der Waals surface area contributed by atoms with E-state index in [1.807, 2.05) is 12.1 Å². The molecule has 5 rings (SSSR count). The third-order valence-corrected chi connectivity index (χ3v) is 5.51. The molecular weight excluding hydrogens is 302 g/mol. The standard InChI is InChI=1S/C21H16ClN/c1-21(2)16-6-4-3-5-15(16)19-17(21)10-9-14-13-8-7-12(22)11-18(13)23-20(14)19/h3-11,23H,1-2H3. The third kappa shape index (κ3) is 1.58. The van der Waals surface area contributed by atoms with Crippen LogP contribution < -0.4 is 0 Å². The van der Waals surface area contributed by atoms with E-state index in [0.717, 1.165) is 10.5 Å². The van der Waals surface area contributed by atoms with Crippen LogP contribution in [0, 0.1) is 0 Å². The highest BCUT2D eigenvalue weighted by molar-refractivity contribution is 6.31. The number of hydrogen-bond donors (Lipinski definition) is 1. The molecule has 0 bridgehead atoms. The van der Waals surface area contributed by atoms with Gasteiger partial charge in [-0.3, -0.25) is 0 Å². The second kappa shape index (κ2) is 4.18. The Kier molecular flexibility index (Phi) is 2.40. The van der Waals surface area contributed by atoms with Gasteiger partial charge in [0.1, 0.15) is 0 Å². The summed E-state index contributed by atoms with van der Waals surface area (Å²) >= 11 is 6.17. The lowest BCUT2D eigenvalue weighted by molar-refractivity contribution is 0.661. The van der Waals surface area contributed by atoms with Crippen LogP contribution in [0.15, 0.2) is 54.6 Å². The number of H-pyrrole nitrogens is 1. The maximum atomic E-state index is 6.17. The number of fused-ring (bicyclic) bond motifs is 7. The normalized spacial score (nSPS) is 15.1. The Morgan fingerprint density at radius 1 is 0.870 bits per heavy atom. The average Bonchev–Trinajstić information content (AvgIpc) is 3.01. The fraction of sp³-hybridized carbons (Fsp3) is 0.143. The zero-order valence-corrected chi connectivity index (χ0v) is 13.8. The summed E-state index contributed by atoms with van der Waals surface area (Å²) in [5.74, 6) is 0. The van der Waals surface area contributed by atoms with Gasteiger partial charge in [-0.15, -0.1) is 0 Å². The number of aromatic amines is 1. The first-order chi connectivity index (χ1) is 11.1. The van der Waals surface area contributed by atoms with Gasteiger partial charge in [0.25, 0.3) is 0 Å². The quantitative estimate of drug-likeness (QED) is 0.393. The van der Waals surface area contributed by atoms with Crippen molar-refractivity contribution in [2.75, 3.05) is 0 Å². The van der Waals surface area contributed by atoms with Crippen molar-refractivity contribution >= 4 is 33.4 Å². The lowest BCUT2D eigenvalue weighted by atomic mass is 9.82. The van der Waals surface area contributed by atoms with Gasteiger partial charge in [-0.1, -0.05) is 67.9 Å². The minimum Gasteiger partial charge on any atom is -0.354 e. The molecule has 0 radical (unpaired) electrons. The zero-order valence-electron chi connectivity index (χ0n) is 13.1. The van der Waals surface area contributed by atoms with E-state index in [2.05, 4.69) is 61.3 Å². The van der Waals surface area contributed by atoms with Crippen LogP contribution in [-0.2, 0) is 5.41 Å². The van der Waals surface area contributed by atoms with E-state index >= 15 is 0 Å². The van der Waals surface area contributed by atoms with E-state index in [4.69, 9.17) is 11.6 Å². The molecule has 4 aromatic rings. The molecule has 0 aliphatic heterocycles. The number of rotatable bonds is 0. The lowest BCUT2D eigenvalue weighted by Crippen LogP contribution is -2.14. The van der Waals surface area contributed by atoms with E-state index in [0.29, 0.717) is 0 Å². The molecule has 2 heteroatoms. The van der Waals surface area contributed by atoms with Gasteiger partial charge in [-0.25, -0.2) is 0 Å². The van der Waals surface area contributed by atoms with Crippen molar-refractivity contribution in [1.29, 1.82) is 0 Å². The molecule has 1 nitrogen and oxygen atoms in total. The maximum absolute atomic E-state index is 6.17. The summed E-state index contributed by atoms with van der Waals surface area (Å²) in [4.78, 5) is 3.61. The predicted molar refractivity (Wildman–Crippen MR) is 98.4 cm³/mol. The largest absolute Gasteiger partial charge is 0.354 e. The van der Waals surface area contributed by atoms with Crippen LogP contribution in [-0.4, -0.2) is 4.98 Å². The first kappa shape index (κ1) is 13.2. The molecule has 0 saturated carbocycles. The van der Waals surface area contributed by atoms with Crippen molar-refractivity contribution in [3.8, 4) is 11.1 Å². The summed E-state index contributed by atoms with van der Waals surface area (Å²) in [7, 11) is 0. The van der Waals surface area contributed by atoms with Crippen LogP contribution in [0.1, 0.15) is 25.0 Å². The highest BCUT2D eigenvalue weighted by Gasteiger charge is 2.36. The van der Waals surface area contributed by atoms with Crippen LogP contribution in [0.25, 0.3) is 32.9 Å². The molecule has 112 valence electrons. The fourth-order valence-electron chi connectivity index (χ4n) is 4.14. The van der Waals surface area contributed by atoms with Crippen molar-refractivity contribution in [3.63, 3.8) is 0 Å². The van der Waals surface area contributed by atoms with Crippen LogP contribution >= 0.6 is 11.6 Å². The van der Waals surface area contributed by atoms with Gasteiger partial charge in [0.05, 0.1) is 5.52 Å². The number of hydrogen-bond acceptors (Lipinski definition) is 0. The van der Waals surface area contributed by atoms with Crippen molar-refractivity contribution in [1.82, 2.24) is 4.98 Å². The Bertz CT molecular complexity index is 1100. The molecule has 0 amide bonds. The Morgan fingerprint density at radius 2 is 1.65 bits per heavy atom. The molecule has 3 aromatic carbocycles. The highest BCUT2D eigenvalue weighted by atomic mass is 35.5. The van der Waals surface area contributed by atoms with Crippen LogP contribution in [0.2, 0.25) is 5.02 Å². The minimum atomic E-state index is 0.0368. The number of nitrogens with one attached hydrogen (secondary N) is 1. The van der Waals surface area contributed by atoms with Gasteiger partial charge in [-0.05, 0) is 28.8 Å².